The van der Waals surface area contributed by atoms with Gasteiger partial charge in [0, 0.05) is 41.3 Å². The molecule has 17 heavy (non-hydrogen) atoms. The molecule has 94 valence electrons. The predicted octanol–water partition coefficient (Wildman–Crippen LogP) is 3.92. The number of hydrogen-bond donors (Lipinski definition) is 0. The number of alkyl halides is 2. The number of benzene rings is 1. The van der Waals surface area contributed by atoms with Crippen LogP contribution in [0.1, 0.15) is 6.92 Å². The Hall–Kier alpha value is 0. The zero-order chi connectivity index (χ0) is 12.7. The topological polar surface area (TPSA) is 20.3 Å². The van der Waals surface area contributed by atoms with Gasteiger partial charge < -0.3 is 4.90 Å². The van der Waals surface area contributed by atoms with Gasteiger partial charge in [-0.3, -0.25) is 4.79 Å². The van der Waals surface area contributed by atoms with Crippen molar-refractivity contribution in [3.05, 3.63) is 24.3 Å². The van der Waals surface area contributed by atoms with Gasteiger partial charge in [-0.2, -0.15) is 0 Å². The van der Waals surface area contributed by atoms with E-state index in [0.29, 0.717) is 0 Å². The van der Waals surface area contributed by atoms with Crippen molar-refractivity contribution in [3.8, 4) is 0 Å². The molecule has 0 spiro atoms. The zero-order valence-electron chi connectivity index (χ0n) is 9.66. The lowest BCUT2D eigenvalue weighted by atomic mass is 10.3. The highest BCUT2D eigenvalue weighted by molar-refractivity contribution is 9.09. The molecule has 0 N–H and O–H groups in total. The van der Waals surface area contributed by atoms with Crippen molar-refractivity contribution in [3.63, 3.8) is 0 Å². The summed E-state index contributed by atoms with van der Waals surface area (Å²) in [4.78, 5) is 14.3. The van der Waals surface area contributed by atoms with E-state index in [1.807, 2.05) is 12.1 Å². The van der Waals surface area contributed by atoms with Crippen LogP contribution in [0.2, 0.25) is 0 Å². The maximum absolute atomic E-state index is 11.0. The molecule has 0 aliphatic heterocycles. The van der Waals surface area contributed by atoms with E-state index in [1.165, 1.54) is 17.4 Å². The number of carbonyl (C=O) groups is 1. The predicted molar refractivity (Wildman–Crippen MR) is 82.8 cm³/mol. The molecule has 1 rings (SSSR count). The molecule has 0 amide bonds. The highest BCUT2D eigenvalue weighted by Gasteiger charge is 2.05. The maximum atomic E-state index is 11.0. The van der Waals surface area contributed by atoms with E-state index in [2.05, 4.69) is 48.9 Å². The first kappa shape index (κ1) is 15.1. The molecular formula is C12H15Br2NOS. The van der Waals surface area contributed by atoms with Crippen molar-refractivity contribution >= 4 is 54.4 Å². The largest absolute Gasteiger partial charge is 0.370 e. The Balaban J connectivity index is 2.72. The summed E-state index contributed by atoms with van der Waals surface area (Å²) in [5, 5.41) is 2.02. The minimum atomic E-state index is 0.121. The van der Waals surface area contributed by atoms with Crippen molar-refractivity contribution < 1.29 is 4.79 Å². The lowest BCUT2D eigenvalue weighted by Gasteiger charge is -2.23. The molecule has 0 aromatic heterocycles. The van der Waals surface area contributed by atoms with Crippen molar-refractivity contribution in [2.75, 3.05) is 28.6 Å². The van der Waals surface area contributed by atoms with E-state index < -0.39 is 0 Å². The van der Waals surface area contributed by atoms with E-state index in [9.17, 15) is 4.79 Å². The smallest absolute Gasteiger partial charge is 0.190 e. The Bertz CT molecular complexity index is 350. The number of halogens is 2. The molecule has 0 aliphatic rings. The molecular weight excluding hydrogens is 366 g/mol. The Labute approximate surface area is 123 Å². The second-order valence-electron chi connectivity index (χ2n) is 3.45. The molecule has 1 aromatic rings. The van der Waals surface area contributed by atoms with Crippen LogP contribution in [0.25, 0.3) is 0 Å². The van der Waals surface area contributed by atoms with Crippen LogP contribution in [0, 0.1) is 0 Å². The van der Waals surface area contributed by atoms with Crippen molar-refractivity contribution in [2.45, 2.75) is 11.8 Å². The number of rotatable bonds is 6. The molecule has 0 aliphatic carbocycles. The highest BCUT2D eigenvalue weighted by Crippen LogP contribution is 2.23. The molecule has 0 atom stereocenters. The second kappa shape index (κ2) is 8.16. The van der Waals surface area contributed by atoms with Crippen LogP contribution in [-0.4, -0.2) is 28.9 Å². The average molecular weight is 381 g/mol. The lowest BCUT2D eigenvalue weighted by Crippen LogP contribution is -2.27. The minimum Gasteiger partial charge on any atom is -0.370 e. The van der Waals surface area contributed by atoms with E-state index in [1.54, 1.807) is 6.92 Å². The van der Waals surface area contributed by atoms with Gasteiger partial charge in [0.05, 0.1) is 0 Å². The fraction of sp³-hybridized carbons (Fsp3) is 0.417. The normalized spacial score (nSPS) is 10.3. The van der Waals surface area contributed by atoms with E-state index in [0.717, 1.165) is 28.6 Å². The maximum Gasteiger partial charge on any atom is 0.190 e. The number of thioether (sulfide) groups is 1. The van der Waals surface area contributed by atoms with Gasteiger partial charge in [-0.1, -0.05) is 43.6 Å². The summed E-state index contributed by atoms with van der Waals surface area (Å²) >= 11 is 8.19. The highest BCUT2D eigenvalue weighted by atomic mass is 79.9. The molecule has 0 unspecified atom stereocenters. The van der Waals surface area contributed by atoms with Gasteiger partial charge in [-0.05, 0) is 24.3 Å². The summed E-state index contributed by atoms with van der Waals surface area (Å²) in [7, 11) is 0. The average Bonchev–Trinajstić information content (AvgIpc) is 2.29. The van der Waals surface area contributed by atoms with Crippen LogP contribution >= 0.6 is 43.6 Å². The van der Waals surface area contributed by atoms with Crippen molar-refractivity contribution in [1.82, 2.24) is 0 Å². The third-order valence-corrected chi connectivity index (χ3v) is 3.68. The Morgan fingerprint density at radius 3 is 2.12 bits per heavy atom. The first-order chi connectivity index (χ1) is 8.17. The Morgan fingerprint density at radius 2 is 1.71 bits per heavy atom. The van der Waals surface area contributed by atoms with Crippen LogP contribution in [0.3, 0.4) is 0 Å². The molecule has 0 saturated heterocycles. The third kappa shape index (κ3) is 5.44. The van der Waals surface area contributed by atoms with Crippen molar-refractivity contribution in [1.29, 1.82) is 0 Å². The number of carbonyl (C=O) groups excluding carboxylic acids is 1. The minimum absolute atomic E-state index is 0.121. The van der Waals surface area contributed by atoms with Crippen molar-refractivity contribution in [2.24, 2.45) is 0 Å². The third-order valence-electron chi connectivity index (χ3n) is 2.17. The monoisotopic (exact) mass is 379 g/mol. The van der Waals surface area contributed by atoms with Gasteiger partial charge in [0.2, 0.25) is 0 Å². The number of nitrogens with zero attached hydrogens (tertiary/aromatic N) is 1. The molecule has 0 radical (unpaired) electrons. The molecule has 0 bridgehead atoms. The first-order valence-corrected chi connectivity index (χ1v) is 8.38. The van der Waals surface area contributed by atoms with Gasteiger partial charge in [0.25, 0.3) is 0 Å². The summed E-state index contributed by atoms with van der Waals surface area (Å²) < 4.78 is 0. The summed E-state index contributed by atoms with van der Waals surface area (Å²) in [6, 6.07) is 8.13. The van der Waals surface area contributed by atoms with E-state index in [-0.39, 0.29) is 5.12 Å². The number of hydrogen-bond acceptors (Lipinski definition) is 3. The molecule has 0 saturated carbocycles. The summed E-state index contributed by atoms with van der Waals surface area (Å²) in [5.74, 6) is 0. The summed E-state index contributed by atoms with van der Waals surface area (Å²) in [6.07, 6.45) is 0. The number of anilines is 1. The van der Waals surface area contributed by atoms with Gasteiger partial charge >= 0.3 is 0 Å². The Morgan fingerprint density at radius 1 is 1.18 bits per heavy atom. The molecule has 2 nitrogen and oxygen atoms in total. The molecule has 0 fully saturated rings. The molecule has 5 heteroatoms. The SMILES string of the molecule is CC(=O)Sc1ccc(N(CCBr)CCBr)cc1. The fourth-order valence-electron chi connectivity index (χ4n) is 1.47. The van der Waals surface area contributed by atoms with Crippen LogP contribution in [0.4, 0.5) is 5.69 Å². The van der Waals surface area contributed by atoms with Gasteiger partial charge in [-0.25, -0.2) is 0 Å². The fourth-order valence-corrected chi connectivity index (χ4v) is 2.93. The van der Waals surface area contributed by atoms with Crippen LogP contribution in [0.5, 0.6) is 0 Å². The van der Waals surface area contributed by atoms with Gasteiger partial charge in [0.1, 0.15) is 0 Å². The first-order valence-electron chi connectivity index (χ1n) is 5.32. The Kier molecular flexibility index (Phi) is 7.23. The van der Waals surface area contributed by atoms with E-state index in [4.69, 9.17) is 0 Å². The van der Waals surface area contributed by atoms with Gasteiger partial charge in [-0.15, -0.1) is 0 Å². The standard InChI is InChI=1S/C12H15Br2NOS/c1-10(16)17-12-4-2-11(3-5-12)15(8-6-13)9-7-14/h2-5H,6-9H2,1H3. The molecule has 0 heterocycles. The van der Waals surface area contributed by atoms with Crippen LogP contribution in [0.15, 0.2) is 29.2 Å². The molecule has 1 aromatic carbocycles. The van der Waals surface area contributed by atoms with Crippen LogP contribution < -0.4 is 4.90 Å². The quantitative estimate of drug-likeness (QED) is 0.551. The van der Waals surface area contributed by atoms with Crippen LogP contribution in [-0.2, 0) is 4.79 Å². The van der Waals surface area contributed by atoms with E-state index >= 15 is 0 Å². The summed E-state index contributed by atoms with van der Waals surface area (Å²) in [6.45, 7) is 3.54. The summed E-state index contributed by atoms with van der Waals surface area (Å²) in [5.41, 5.74) is 1.19. The zero-order valence-corrected chi connectivity index (χ0v) is 13.6. The lowest BCUT2D eigenvalue weighted by molar-refractivity contribution is -0.109. The van der Waals surface area contributed by atoms with Gasteiger partial charge in [0.15, 0.2) is 5.12 Å². The second-order valence-corrected chi connectivity index (χ2v) is 6.29.